The van der Waals surface area contributed by atoms with Gasteiger partial charge in [-0.3, -0.25) is 4.90 Å². The number of hydrogen-bond donors (Lipinski definition) is 1. The average molecular weight is 218 g/mol. The lowest BCUT2D eigenvalue weighted by Crippen LogP contribution is -2.07. The van der Waals surface area contributed by atoms with Crippen LogP contribution in [-0.2, 0) is 13.1 Å². The molecule has 0 spiro atoms. The third kappa shape index (κ3) is 1.39. The summed E-state index contributed by atoms with van der Waals surface area (Å²) in [6, 6.07) is 1.59. The Hall–Kier alpha value is -0.440. The number of hydrogen-bond acceptors (Lipinski definition) is 2. The summed E-state index contributed by atoms with van der Waals surface area (Å²) >= 11 is 11.8. The number of aromatic hydroxyl groups is 1. The lowest BCUT2D eigenvalue weighted by molar-refractivity contribution is 0.349. The van der Waals surface area contributed by atoms with Crippen molar-refractivity contribution in [3.05, 3.63) is 27.2 Å². The molecule has 0 amide bonds. The number of rotatable bonds is 0. The van der Waals surface area contributed by atoms with Gasteiger partial charge in [0.1, 0.15) is 5.75 Å². The quantitative estimate of drug-likeness (QED) is 0.723. The van der Waals surface area contributed by atoms with Crippen molar-refractivity contribution in [2.24, 2.45) is 0 Å². The molecular weight excluding hydrogens is 209 g/mol. The van der Waals surface area contributed by atoms with E-state index in [9.17, 15) is 5.11 Å². The van der Waals surface area contributed by atoms with Gasteiger partial charge in [0.2, 0.25) is 0 Å². The predicted molar refractivity (Wildman–Crippen MR) is 53.3 cm³/mol. The minimum atomic E-state index is 0.172. The molecule has 1 heterocycles. The third-order valence-corrected chi connectivity index (χ3v) is 2.90. The second kappa shape index (κ2) is 3.05. The Kier molecular flexibility index (Phi) is 2.14. The van der Waals surface area contributed by atoms with Crippen LogP contribution < -0.4 is 0 Å². The summed E-state index contributed by atoms with van der Waals surface area (Å²) in [6.07, 6.45) is 0. The monoisotopic (exact) mass is 217 g/mol. The Morgan fingerprint density at radius 3 is 2.54 bits per heavy atom. The Morgan fingerprint density at radius 2 is 1.85 bits per heavy atom. The van der Waals surface area contributed by atoms with E-state index in [2.05, 4.69) is 4.90 Å². The average Bonchev–Trinajstić information content (AvgIpc) is 2.44. The van der Waals surface area contributed by atoms with Gasteiger partial charge in [-0.2, -0.15) is 0 Å². The molecule has 0 bridgehead atoms. The van der Waals surface area contributed by atoms with Crippen molar-refractivity contribution in [2.45, 2.75) is 13.1 Å². The molecule has 0 atom stereocenters. The van der Waals surface area contributed by atoms with Crippen molar-refractivity contribution >= 4 is 23.2 Å². The van der Waals surface area contributed by atoms with Crippen LogP contribution in [-0.4, -0.2) is 17.1 Å². The molecule has 1 aromatic rings. The summed E-state index contributed by atoms with van der Waals surface area (Å²) in [5.41, 5.74) is 1.85. The first kappa shape index (κ1) is 9.13. The fourth-order valence-electron chi connectivity index (χ4n) is 1.63. The smallest absolute Gasteiger partial charge is 0.139 e. The molecule has 0 unspecified atom stereocenters. The van der Waals surface area contributed by atoms with Crippen LogP contribution in [0, 0.1) is 0 Å². The zero-order valence-corrected chi connectivity index (χ0v) is 8.65. The summed E-state index contributed by atoms with van der Waals surface area (Å²) in [5.74, 6) is 0.172. The van der Waals surface area contributed by atoms with Crippen molar-refractivity contribution in [1.82, 2.24) is 4.90 Å². The number of nitrogens with zero attached hydrogens (tertiary/aromatic N) is 1. The van der Waals surface area contributed by atoms with E-state index in [1.54, 1.807) is 6.07 Å². The minimum absolute atomic E-state index is 0.172. The van der Waals surface area contributed by atoms with Gasteiger partial charge in [-0.1, -0.05) is 23.2 Å². The lowest BCUT2D eigenvalue weighted by Gasteiger charge is -2.05. The van der Waals surface area contributed by atoms with Crippen molar-refractivity contribution in [3.8, 4) is 5.75 Å². The summed E-state index contributed by atoms with van der Waals surface area (Å²) < 4.78 is 0. The molecule has 4 heteroatoms. The largest absolute Gasteiger partial charge is 0.506 e. The highest BCUT2D eigenvalue weighted by Crippen LogP contribution is 2.39. The number of benzene rings is 1. The Morgan fingerprint density at radius 1 is 1.23 bits per heavy atom. The van der Waals surface area contributed by atoms with E-state index in [1.165, 1.54) is 0 Å². The van der Waals surface area contributed by atoms with E-state index >= 15 is 0 Å². The molecule has 1 aliphatic rings. The third-order valence-electron chi connectivity index (χ3n) is 2.27. The van der Waals surface area contributed by atoms with Gasteiger partial charge < -0.3 is 5.11 Å². The van der Waals surface area contributed by atoms with Gasteiger partial charge in [0, 0.05) is 23.7 Å². The first-order valence-electron chi connectivity index (χ1n) is 3.97. The molecule has 2 nitrogen and oxygen atoms in total. The van der Waals surface area contributed by atoms with Crippen molar-refractivity contribution in [1.29, 1.82) is 0 Å². The van der Waals surface area contributed by atoms with Gasteiger partial charge in [0.25, 0.3) is 0 Å². The Balaban J connectivity index is 2.62. The molecular formula is C9H9Cl2NO. The molecule has 0 saturated heterocycles. The van der Waals surface area contributed by atoms with Crippen LogP contribution in [0.25, 0.3) is 0 Å². The van der Waals surface area contributed by atoms with Crippen LogP contribution in [0.4, 0.5) is 0 Å². The zero-order valence-electron chi connectivity index (χ0n) is 7.14. The topological polar surface area (TPSA) is 23.5 Å². The maximum absolute atomic E-state index is 9.64. The second-order valence-corrected chi connectivity index (χ2v) is 4.13. The first-order valence-corrected chi connectivity index (χ1v) is 4.72. The molecule has 0 aromatic heterocycles. The van der Waals surface area contributed by atoms with E-state index in [0.717, 1.165) is 17.7 Å². The van der Waals surface area contributed by atoms with Gasteiger partial charge in [0.05, 0.1) is 5.02 Å². The highest BCUT2D eigenvalue weighted by Gasteiger charge is 2.23. The van der Waals surface area contributed by atoms with Crippen molar-refractivity contribution in [3.63, 3.8) is 0 Å². The molecule has 0 radical (unpaired) electrons. The second-order valence-electron chi connectivity index (χ2n) is 3.32. The van der Waals surface area contributed by atoms with E-state index in [4.69, 9.17) is 23.2 Å². The predicted octanol–water partition coefficient (Wildman–Crippen LogP) is 2.64. The summed E-state index contributed by atoms with van der Waals surface area (Å²) in [7, 11) is 1.98. The van der Waals surface area contributed by atoms with Crippen LogP contribution >= 0.6 is 23.2 Å². The highest BCUT2D eigenvalue weighted by molar-refractivity contribution is 6.36. The normalized spacial score (nSPS) is 16.2. The Bertz CT molecular complexity index is 365. The minimum Gasteiger partial charge on any atom is -0.506 e. The standard InChI is InChI=1S/C9H9Cl2NO/c1-12-3-5-6(4-12)9(13)8(11)2-7(5)10/h2,13H,3-4H2,1H3. The van der Waals surface area contributed by atoms with Crippen molar-refractivity contribution in [2.75, 3.05) is 7.05 Å². The van der Waals surface area contributed by atoms with E-state index in [-0.39, 0.29) is 5.75 Å². The molecule has 0 saturated carbocycles. The van der Waals surface area contributed by atoms with Gasteiger partial charge in [-0.15, -0.1) is 0 Å². The maximum Gasteiger partial charge on any atom is 0.139 e. The molecule has 1 aromatic carbocycles. The summed E-state index contributed by atoms with van der Waals surface area (Å²) in [5, 5.41) is 10.6. The van der Waals surface area contributed by atoms with Crippen LogP contribution in [0.5, 0.6) is 5.75 Å². The first-order chi connectivity index (χ1) is 6.09. The van der Waals surface area contributed by atoms with Crippen LogP contribution in [0.15, 0.2) is 6.07 Å². The van der Waals surface area contributed by atoms with Gasteiger partial charge >= 0.3 is 0 Å². The van der Waals surface area contributed by atoms with E-state index in [0.29, 0.717) is 16.6 Å². The molecule has 70 valence electrons. The molecule has 2 rings (SSSR count). The number of fused-ring (bicyclic) bond motifs is 1. The molecule has 0 fully saturated rings. The van der Waals surface area contributed by atoms with Crippen LogP contribution in [0.2, 0.25) is 10.0 Å². The zero-order chi connectivity index (χ0) is 9.59. The number of phenols is 1. The molecule has 0 aliphatic carbocycles. The Labute approximate surface area is 86.7 Å². The van der Waals surface area contributed by atoms with Gasteiger partial charge in [-0.25, -0.2) is 0 Å². The fraction of sp³-hybridized carbons (Fsp3) is 0.333. The van der Waals surface area contributed by atoms with Crippen LogP contribution in [0.1, 0.15) is 11.1 Å². The van der Waals surface area contributed by atoms with E-state index in [1.807, 2.05) is 7.05 Å². The molecule has 13 heavy (non-hydrogen) atoms. The van der Waals surface area contributed by atoms with E-state index < -0.39 is 0 Å². The van der Waals surface area contributed by atoms with Gasteiger partial charge in [0.15, 0.2) is 0 Å². The van der Waals surface area contributed by atoms with Gasteiger partial charge in [-0.05, 0) is 18.7 Å². The summed E-state index contributed by atoms with van der Waals surface area (Å²) in [6.45, 7) is 1.49. The maximum atomic E-state index is 9.64. The SMILES string of the molecule is CN1Cc2c(Cl)cc(Cl)c(O)c2C1. The lowest BCUT2D eigenvalue weighted by atomic mass is 10.1. The fourth-order valence-corrected chi connectivity index (χ4v) is 2.20. The summed E-state index contributed by atoms with van der Waals surface area (Å²) in [4.78, 5) is 2.08. The van der Waals surface area contributed by atoms with Crippen molar-refractivity contribution < 1.29 is 5.11 Å². The highest BCUT2D eigenvalue weighted by atomic mass is 35.5. The number of phenolic OH excluding ortho intramolecular Hbond substituents is 1. The van der Waals surface area contributed by atoms with Crippen LogP contribution in [0.3, 0.4) is 0 Å². The molecule has 1 aliphatic heterocycles. The molecule has 1 N–H and O–H groups in total. The number of halogens is 2.